The van der Waals surface area contributed by atoms with E-state index in [1.165, 1.54) is 12.1 Å². The molecule has 1 aromatic carbocycles. The molecule has 7 nitrogen and oxygen atoms in total. The number of hydrogen-bond acceptors (Lipinski definition) is 4. The van der Waals surface area contributed by atoms with Crippen LogP contribution in [0, 0.1) is 0 Å². The Morgan fingerprint density at radius 1 is 1.33 bits per heavy atom. The third-order valence-electron chi connectivity index (χ3n) is 2.56. The van der Waals surface area contributed by atoms with Gasteiger partial charge in [-0.15, -0.1) is 0 Å². The van der Waals surface area contributed by atoms with E-state index >= 15 is 0 Å². The van der Waals surface area contributed by atoms with Crippen molar-refractivity contribution < 1.29 is 19.5 Å². The average Bonchev–Trinajstić information content (AvgIpc) is 2.41. The first-order chi connectivity index (χ1) is 9.83. The van der Waals surface area contributed by atoms with E-state index in [4.69, 9.17) is 22.4 Å². The van der Waals surface area contributed by atoms with Crippen molar-refractivity contribution in [3.05, 3.63) is 23.2 Å². The van der Waals surface area contributed by atoms with Gasteiger partial charge in [0.1, 0.15) is 0 Å². The van der Waals surface area contributed by atoms with E-state index in [0.29, 0.717) is 12.1 Å². The van der Waals surface area contributed by atoms with E-state index in [9.17, 15) is 14.4 Å². The molecule has 0 bridgehead atoms. The lowest BCUT2D eigenvalue weighted by molar-refractivity contribution is -0.138. The quantitative estimate of drug-likeness (QED) is 0.633. The standard InChI is InChI=1S/C13H16ClN3O4/c1-2-11(18)16-7-3-4-8(14)10(5-7)17-13(21)9(15)6-12(19)20/h3-5,9H,2,6,15H2,1H3,(H,16,18)(H,17,21)(H,19,20). The summed E-state index contributed by atoms with van der Waals surface area (Å²) in [4.78, 5) is 33.6. The first-order valence-electron chi connectivity index (χ1n) is 6.21. The molecule has 1 aromatic rings. The number of carbonyl (C=O) groups is 3. The fourth-order valence-electron chi connectivity index (χ4n) is 1.45. The van der Waals surface area contributed by atoms with Gasteiger partial charge in [0.2, 0.25) is 11.8 Å². The topological polar surface area (TPSA) is 122 Å². The van der Waals surface area contributed by atoms with Crippen molar-refractivity contribution in [1.29, 1.82) is 0 Å². The second-order valence-corrected chi connectivity index (χ2v) is 4.70. The van der Waals surface area contributed by atoms with Crippen LogP contribution in [0.3, 0.4) is 0 Å². The molecule has 114 valence electrons. The zero-order valence-electron chi connectivity index (χ0n) is 11.4. The number of benzene rings is 1. The van der Waals surface area contributed by atoms with Crippen LogP contribution in [0.1, 0.15) is 19.8 Å². The van der Waals surface area contributed by atoms with E-state index in [0.717, 1.165) is 0 Å². The fraction of sp³-hybridized carbons (Fsp3) is 0.308. The second-order valence-electron chi connectivity index (χ2n) is 4.29. The van der Waals surface area contributed by atoms with Crippen LogP contribution in [0.15, 0.2) is 18.2 Å². The zero-order chi connectivity index (χ0) is 16.0. The number of hydrogen-bond donors (Lipinski definition) is 4. The summed E-state index contributed by atoms with van der Waals surface area (Å²) in [5.74, 6) is -2.02. The lowest BCUT2D eigenvalue weighted by atomic mass is 10.2. The molecular weight excluding hydrogens is 298 g/mol. The Hall–Kier alpha value is -2.12. The Kier molecular flexibility index (Phi) is 6.13. The summed E-state index contributed by atoms with van der Waals surface area (Å²) in [6.45, 7) is 1.71. The lowest BCUT2D eigenvalue weighted by Gasteiger charge is -2.13. The van der Waals surface area contributed by atoms with Crippen LogP contribution in [0.25, 0.3) is 0 Å². The Labute approximate surface area is 126 Å². The molecule has 2 amide bonds. The van der Waals surface area contributed by atoms with Crippen LogP contribution in [0.4, 0.5) is 11.4 Å². The van der Waals surface area contributed by atoms with E-state index in [1.54, 1.807) is 13.0 Å². The molecule has 0 radical (unpaired) electrons. The summed E-state index contributed by atoms with van der Waals surface area (Å²) in [5, 5.41) is 13.9. The third-order valence-corrected chi connectivity index (χ3v) is 2.89. The van der Waals surface area contributed by atoms with Crippen molar-refractivity contribution in [3.8, 4) is 0 Å². The van der Waals surface area contributed by atoms with Crippen molar-refractivity contribution in [1.82, 2.24) is 0 Å². The number of amides is 2. The summed E-state index contributed by atoms with van der Waals surface area (Å²) in [7, 11) is 0. The van der Waals surface area contributed by atoms with E-state index in [-0.39, 0.29) is 16.6 Å². The minimum absolute atomic E-state index is 0.183. The zero-order valence-corrected chi connectivity index (χ0v) is 12.1. The molecule has 0 heterocycles. The molecule has 0 aliphatic carbocycles. The molecule has 0 aliphatic rings. The summed E-state index contributed by atoms with van der Waals surface area (Å²) < 4.78 is 0. The highest BCUT2D eigenvalue weighted by molar-refractivity contribution is 6.34. The third kappa shape index (κ3) is 5.41. The summed E-state index contributed by atoms with van der Waals surface area (Å²) in [6.07, 6.45) is -0.177. The van der Waals surface area contributed by atoms with Gasteiger partial charge in [-0.1, -0.05) is 18.5 Å². The molecule has 0 saturated carbocycles. The number of nitrogens with two attached hydrogens (primary N) is 1. The molecule has 0 fully saturated rings. The monoisotopic (exact) mass is 313 g/mol. The van der Waals surface area contributed by atoms with Crippen molar-refractivity contribution >= 4 is 40.8 Å². The number of anilines is 2. The molecule has 1 atom stereocenters. The maximum Gasteiger partial charge on any atom is 0.305 e. The molecule has 5 N–H and O–H groups in total. The van der Waals surface area contributed by atoms with Crippen LogP contribution in [0.5, 0.6) is 0 Å². The minimum atomic E-state index is -1.19. The molecule has 21 heavy (non-hydrogen) atoms. The summed E-state index contributed by atoms with van der Waals surface area (Å²) in [5.41, 5.74) is 6.16. The second kappa shape index (κ2) is 7.61. The highest BCUT2D eigenvalue weighted by Crippen LogP contribution is 2.25. The number of carboxylic acids is 1. The minimum Gasteiger partial charge on any atom is -0.481 e. The maximum atomic E-state index is 11.7. The van der Waals surface area contributed by atoms with Gasteiger partial charge in [-0.25, -0.2) is 0 Å². The van der Waals surface area contributed by atoms with Crippen LogP contribution >= 0.6 is 11.6 Å². The molecular formula is C13H16ClN3O4. The van der Waals surface area contributed by atoms with Crippen LogP contribution in [-0.4, -0.2) is 28.9 Å². The van der Waals surface area contributed by atoms with E-state index < -0.39 is 24.3 Å². The molecule has 1 rings (SSSR count). The lowest BCUT2D eigenvalue weighted by Crippen LogP contribution is -2.37. The largest absolute Gasteiger partial charge is 0.481 e. The summed E-state index contributed by atoms with van der Waals surface area (Å²) >= 11 is 5.94. The Morgan fingerprint density at radius 3 is 2.57 bits per heavy atom. The van der Waals surface area contributed by atoms with Gasteiger partial charge >= 0.3 is 5.97 Å². The SMILES string of the molecule is CCC(=O)Nc1ccc(Cl)c(NC(=O)C(N)CC(=O)O)c1. The number of carbonyl (C=O) groups excluding carboxylic acids is 2. The molecule has 8 heteroatoms. The van der Waals surface area contributed by atoms with E-state index in [2.05, 4.69) is 10.6 Å². The molecule has 0 saturated heterocycles. The van der Waals surface area contributed by atoms with Gasteiger partial charge in [-0.3, -0.25) is 14.4 Å². The first kappa shape index (κ1) is 16.9. The van der Waals surface area contributed by atoms with Gasteiger partial charge in [0.15, 0.2) is 0 Å². The highest BCUT2D eigenvalue weighted by atomic mass is 35.5. The van der Waals surface area contributed by atoms with Crippen molar-refractivity contribution in [3.63, 3.8) is 0 Å². The molecule has 0 spiro atoms. The number of nitrogens with one attached hydrogen (secondary N) is 2. The predicted octanol–water partition coefficient (Wildman–Crippen LogP) is 1.43. The summed E-state index contributed by atoms with van der Waals surface area (Å²) in [6, 6.07) is 3.38. The van der Waals surface area contributed by atoms with Crippen molar-refractivity contribution in [2.45, 2.75) is 25.8 Å². The predicted molar refractivity (Wildman–Crippen MR) is 79.2 cm³/mol. The number of rotatable bonds is 6. The average molecular weight is 314 g/mol. The van der Waals surface area contributed by atoms with Gasteiger partial charge < -0.3 is 21.5 Å². The van der Waals surface area contributed by atoms with Gasteiger partial charge in [-0.05, 0) is 18.2 Å². The normalized spacial score (nSPS) is 11.6. The van der Waals surface area contributed by atoms with Crippen LogP contribution in [-0.2, 0) is 14.4 Å². The molecule has 0 aromatic heterocycles. The highest BCUT2D eigenvalue weighted by Gasteiger charge is 2.18. The number of halogens is 1. The Bertz CT molecular complexity index is 562. The number of carboxylic acid groups (broad SMARTS) is 1. The van der Waals surface area contributed by atoms with Gasteiger partial charge in [0.25, 0.3) is 0 Å². The Morgan fingerprint density at radius 2 is 2.00 bits per heavy atom. The fourth-order valence-corrected chi connectivity index (χ4v) is 1.62. The first-order valence-corrected chi connectivity index (χ1v) is 6.59. The van der Waals surface area contributed by atoms with Crippen LogP contribution in [0.2, 0.25) is 5.02 Å². The van der Waals surface area contributed by atoms with Gasteiger partial charge in [-0.2, -0.15) is 0 Å². The van der Waals surface area contributed by atoms with Crippen LogP contribution < -0.4 is 16.4 Å². The van der Waals surface area contributed by atoms with E-state index in [1.807, 2.05) is 0 Å². The van der Waals surface area contributed by atoms with Crippen molar-refractivity contribution in [2.24, 2.45) is 5.73 Å². The number of aliphatic carboxylic acids is 1. The smallest absolute Gasteiger partial charge is 0.305 e. The Balaban J connectivity index is 2.82. The molecule has 0 aliphatic heterocycles. The maximum absolute atomic E-state index is 11.7. The van der Waals surface area contributed by atoms with Gasteiger partial charge in [0, 0.05) is 12.1 Å². The van der Waals surface area contributed by atoms with Gasteiger partial charge in [0.05, 0.1) is 23.2 Å². The van der Waals surface area contributed by atoms with Crippen molar-refractivity contribution in [2.75, 3.05) is 10.6 Å². The molecule has 1 unspecified atom stereocenters.